The lowest BCUT2D eigenvalue weighted by Gasteiger charge is -2.18. The van der Waals surface area contributed by atoms with Gasteiger partial charge in [-0.25, -0.2) is 0 Å². The molecule has 3 unspecified atom stereocenters. The van der Waals surface area contributed by atoms with E-state index in [0.29, 0.717) is 5.25 Å². The van der Waals surface area contributed by atoms with Crippen LogP contribution in [-0.2, 0) is 9.53 Å². The van der Waals surface area contributed by atoms with Crippen molar-refractivity contribution in [1.29, 1.82) is 0 Å². The van der Waals surface area contributed by atoms with Gasteiger partial charge in [-0.15, -0.1) is 0 Å². The van der Waals surface area contributed by atoms with Crippen molar-refractivity contribution in [3.8, 4) is 0 Å². The molecule has 88 valence electrons. The first-order valence-corrected chi connectivity index (χ1v) is 6.89. The number of carbonyl (C=O) groups is 1. The van der Waals surface area contributed by atoms with Crippen molar-refractivity contribution in [2.45, 2.75) is 50.5 Å². The SMILES string of the molecule is CSC(C)CC(C)OC(=O)C1CCCN1. The Morgan fingerprint density at radius 1 is 1.60 bits per heavy atom. The molecule has 4 heteroatoms. The van der Waals surface area contributed by atoms with Gasteiger partial charge in [0.2, 0.25) is 0 Å². The van der Waals surface area contributed by atoms with Crippen LogP contribution >= 0.6 is 11.8 Å². The molecule has 0 bridgehead atoms. The Kier molecular flexibility index (Phi) is 5.47. The van der Waals surface area contributed by atoms with E-state index < -0.39 is 0 Å². The largest absolute Gasteiger partial charge is 0.461 e. The zero-order chi connectivity index (χ0) is 11.3. The molecule has 1 rings (SSSR count). The Labute approximate surface area is 96.3 Å². The second-order valence-corrected chi connectivity index (χ2v) is 5.45. The van der Waals surface area contributed by atoms with Gasteiger partial charge in [0, 0.05) is 5.25 Å². The van der Waals surface area contributed by atoms with Crippen molar-refractivity contribution in [2.75, 3.05) is 12.8 Å². The molecule has 0 amide bonds. The molecule has 0 radical (unpaired) electrons. The molecule has 1 fully saturated rings. The number of nitrogens with one attached hydrogen (secondary N) is 1. The van der Waals surface area contributed by atoms with E-state index in [1.165, 1.54) is 0 Å². The molecule has 1 aliphatic heterocycles. The first kappa shape index (κ1) is 12.8. The maximum Gasteiger partial charge on any atom is 0.323 e. The van der Waals surface area contributed by atoms with Gasteiger partial charge in [0.15, 0.2) is 0 Å². The molecule has 3 atom stereocenters. The van der Waals surface area contributed by atoms with Gasteiger partial charge in [-0.1, -0.05) is 6.92 Å². The van der Waals surface area contributed by atoms with Crippen molar-refractivity contribution >= 4 is 17.7 Å². The van der Waals surface area contributed by atoms with E-state index in [-0.39, 0.29) is 18.1 Å². The first-order chi connectivity index (χ1) is 7.13. The van der Waals surface area contributed by atoms with Crippen molar-refractivity contribution in [2.24, 2.45) is 0 Å². The smallest absolute Gasteiger partial charge is 0.323 e. The average Bonchev–Trinajstić information content (AvgIpc) is 2.70. The van der Waals surface area contributed by atoms with Crippen molar-refractivity contribution in [3.63, 3.8) is 0 Å². The van der Waals surface area contributed by atoms with Gasteiger partial charge in [0.25, 0.3) is 0 Å². The number of rotatable bonds is 5. The van der Waals surface area contributed by atoms with Gasteiger partial charge in [0.1, 0.15) is 12.1 Å². The molecule has 3 nitrogen and oxygen atoms in total. The number of hydrogen-bond acceptors (Lipinski definition) is 4. The topological polar surface area (TPSA) is 38.3 Å². The summed E-state index contributed by atoms with van der Waals surface area (Å²) in [4.78, 5) is 11.6. The van der Waals surface area contributed by atoms with Crippen LogP contribution in [-0.4, -0.2) is 36.2 Å². The fraction of sp³-hybridized carbons (Fsp3) is 0.909. The minimum Gasteiger partial charge on any atom is -0.461 e. The summed E-state index contributed by atoms with van der Waals surface area (Å²) >= 11 is 1.81. The molecule has 1 heterocycles. The zero-order valence-electron chi connectivity index (χ0n) is 9.79. The van der Waals surface area contributed by atoms with E-state index in [0.717, 1.165) is 25.8 Å². The van der Waals surface area contributed by atoms with Gasteiger partial charge in [-0.2, -0.15) is 11.8 Å². The van der Waals surface area contributed by atoms with Crippen LogP contribution in [0.15, 0.2) is 0 Å². The van der Waals surface area contributed by atoms with Crippen LogP contribution in [0.1, 0.15) is 33.1 Å². The van der Waals surface area contributed by atoms with Gasteiger partial charge in [-0.3, -0.25) is 4.79 Å². The van der Waals surface area contributed by atoms with Crippen molar-refractivity contribution in [1.82, 2.24) is 5.32 Å². The zero-order valence-corrected chi connectivity index (χ0v) is 10.6. The Morgan fingerprint density at radius 2 is 2.33 bits per heavy atom. The monoisotopic (exact) mass is 231 g/mol. The summed E-state index contributed by atoms with van der Waals surface area (Å²) in [5, 5.41) is 3.69. The van der Waals surface area contributed by atoms with Gasteiger partial charge in [-0.05, 0) is 39.0 Å². The molecular weight excluding hydrogens is 210 g/mol. The number of esters is 1. The number of carbonyl (C=O) groups excluding carboxylic acids is 1. The second-order valence-electron chi connectivity index (χ2n) is 4.18. The molecule has 0 spiro atoms. The summed E-state index contributed by atoms with van der Waals surface area (Å²) in [6, 6.07) is -0.0583. The second kappa shape index (κ2) is 6.38. The molecule has 0 aromatic carbocycles. The Morgan fingerprint density at radius 3 is 2.87 bits per heavy atom. The standard InChI is InChI=1S/C11H21NO2S/c1-8(7-9(2)15-3)14-11(13)10-5-4-6-12-10/h8-10,12H,4-7H2,1-3H3. The van der Waals surface area contributed by atoms with E-state index in [1.54, 1.807) is 11.8 Å². The lowest BCUT2D eigenvalue weighted by atomic mass is 10.2. The first-order valence-electron chi connectivity index (χ1n) is 5.60. The summed E-state index contributed by atoms with van der Waals surface area (Å²) in [7, 11) is 0. The third-order valence-electron chi connectivity index (χ3n) is 2.73. The lowest BCUT2D eigenvalue weighted by Crippen LogP contribution is -2.34. The summed E-state index contributed by atoms with van der Waals surface area (Å²) in [6.07, 6.45) is 5.04. The van der Waals surface area contributed by atoms with Gasteiger partial charge >= 0.3 is 5.97 Å². The molecule has 0 saturated carbocycles. The van der Waals surface area contributed by atoms with Crippen LogP contribution in [0.25, 0.3) is 0 Å². The minimum absolute atomic E-state index is 0.0300. The Balaban J connectivity index is 2.24. The lowest BCUT2D eigenvalue weighted by molar-refractivity contribution is -0.150. The van der Waals surface area contributed by atoms with Gasteiger partial charge in [0.05, 0.1) is 0 Å². The highest BCUT2D eigenvalue weighted by molar-refractivity contribution is 7.99. The summed E-state index contributed by atoms with van der Waals surface area (Å²) in [5.74, 6) is -0.0756. The van der Waals surface area contributed by atoms with E-state index in [1.807, 2.05) is 6.92 Å². The maximum absolute atomic E-state index is 11.6. The normalized spacial score (nSPS) is 24.9. The summed E-state index contributed by atoms with van der Waals surface area (Å²) in [5.41, 5.74) is 0. The number of ether oxygens (including phenoxy) is 1. The Bertz CT molecular complexity index is 205. The number of thioether (sulfide) groups is 1. The van der Waals surface area contributed by atoms with E-state index in [9.17, 15) is 4.79 Å². The molecule has 15 heavy (non-hydrogen) atoms. The highest BCUT2D eigenvalue weighted by atomic mass is 32.2. The minimum atomic E-state index is -0.0756. The highest BCUT2D eigenvalue weighted by Gasteiger charge is 2.25. The van der Waals surface area contributed by atoms with Crippen LogP contribution in [0.5, 0.6) is 0 Å². The third kappa shape index (κ3) is 4.43. The molecule has 1 N–H and O–H groups in total. The van der Waals surface area contributed by atoms with E-state index in [4.69, 9.17) is 4.74 Å². The molecule has 0 aromatic heterocycles. The van der Waals surface area contributed by atoms with Crippen molar-refractivity contribution < 1.29 is 9.53 Å². The third-order valence-corrected chi connectivity index (χ3v) is 3.73. The van der Waals surface area contributed by atoms with Crippen molar-refractivity contribution in [3.05, 3.63) is 0 Å². The van der Waals surface area contributed by atoms with Crippen LogP contribution < -0.4 is 5.32 Å². The average molecular weight is 231 g/mol. The predicted octanol–water partition coefficient (Wildman–Crippen LogP) is 1.81. The summed E-state index contributed by atoms with van der Waals surface area (Å²) < 4.78 is 5.39. The molecule has 1 aliphatic rings. The Hall–Kier alpha value is -0.220. The van der Waals surface area contributed by atoms with Crippen LogP contribution in [0, 0.1) is 0 Å². The van der Waals surface area contributed by atoms with Crippen LogP contribution in [0.4, 0.5) is 0 Å². The fourth-order valence-electron chi connectivity index (χ4n) is 1.78. The quantitative estimate of drug-likeness (QED) is 0.732. The van der Waals surface area contributed by atoms with Crippen LogP contribution in [0.3, 0.4) is 0 Å². The van der Waals surface area contributed by atoms with E-state index >= 15 is 0 Å². The molecule has 1 saturated heterocycles. The van der Waals surface area contributed by atoms with E-state index in [2.05, 4.69) is 18.5 Å². The van der Waals surface area contributed by atoms with Gasteiger partial charge < -0.3 is 10.1 Å². The number of hydrogen-bond donors (Lipinski definition) is 1. The molecule has 0 aliphatic carbocycles. The molecular formula is C11H21NO2S. The molecule has 0 aromatic rings. The maximum atomic E-state index is 11.6. The fourth-order valence-corrected chi connectivity index (χ4v) is 2.24. The predicted molar refractivity (Wildman–Crippen MR) is 64.2 cm³/mol. The highest BCUT2D eigenvalue weighted by Crippen LogP contribution is 2.15. The van der Waals surface area contributed by atoms with Crippen LogP contribution in [0.2, 0.25) is 0 Å². The summed E-state index contributed by atoms with van der Waals surface area (Å²) in [6.45, 7) is 5.07.